The molecule has 0 saturated carbocycles. The molecule has 2 rings (SSSR count). The van der Waals surface area contributed by atoms with Crippen molar-refractivity contribution in [1.82, 2.24) is 107 Å². The normalized spacial score (nSPS) is 16.2. The van der Waals surface area contributed by atoms with Crippen molar-refractivity contribution in [1.29, 1.82) is 0 Å². The van der Waals surface area contributed by atoms with Gasteiger partial charge in [-0.1, -0.05) is 31.5 Å². The highest BCUT2D eigenvalue weighted by Crippen LogP contribution is 2.79. The van der Waals surface area contributed by atoms with Gasteiger partial charge in [-0.05, 0) is 412 Å². The summed E-state index contributed by atoms with van der Waals surface area (Å²) in [5.74, 6) is 0. The van der Waals surface area contributed by atoms with Gasteiger partial charge in [-0.2, -0.15) is 27.1 Å². The monoisotopic (exact) mass is 1830 g/mol. The summed E-state index contributed by atoms with van der Waals surface area (Å²) in [5, 5.41) is 0. The lowest BCUT2D eigenvalue weighted by Crippen LogP contribution is -2.39. The summed E-state index contributed by atoms with van der Waals surface area (Å²) in [5.41, 5.74) is 1.69. The SMILES string of the molecule is CC.CCN=P(N=P(N(C)C)(N(C)C)N(C)C)(N(C)C)N(C)C.CN(C)P(=NC(C)(C)C)(N=P(N(C)C)(N(C)C)N(C)C)N(C)C.CN(C)P(=NP(=NC(C)(C)C)(N=P(N(C)C)(N(C)C)N(C)C)N=P(N(C)C)(N(C)C)N(C)C)(N(C)C)N(C)C.Cc1ccc(N2CCCN(C)P2(=NC(C)(C)C)N=P(N(C)C)(N(C)C)N(C)C)cc1. The van der Waals surface area contributed by atoms with Crippen LogP contribution in [-0.2, 0) is 0 Å². The summed E-state index contributed by atoms with van der Waals surface area (Å²) in [6.07, 6.45) is 1.11. The number of rotatable bonds is 30. The maximum Gasteiger partial charge on any atom is 0.306 e. The largest absolute Gasteiger partial charge is 0.309 e. The summed E-state index contributed by atoms with van der Waals surface area (Å²) in [6, 6.07) is 8.86. The van der Waals surface area contributed by atoms with Gasteiger partial charge < -0.3 is 4.67 Å². The van der Waals surface area contributed by atoms with Gasteiger partial charge in [-0.15, -0.1) is 0 Å². The van der Waals surface area contributed by atoms with Crippen LogP contribution in [0.5, 0.6) is 0 Å². The van der Waals surface area contributed by atoms with Crippen molar-refractivity contribution in [2.24, 2.45) is 46.1 Å². The minimum absolute atomic E-state index is 0.160. The molecule has 44 heteroatoms. The number of anilines is 1. The van der Waals surface area contributed by atoms with Crippen LogP contribution in [0.25, 0.3) is 0 Å². The van der Waals surface area contributed by atoms with E-state index in [1.165, 1.54) is 11.3 Å². The lowest BCUT2D eigenvalue weighted by atomic mass is 10.1. The van der Waals surface area contributed by atoms with Crippen molar-refractivity contribution in [2.75, 3.05) is 341 Å². The van der Waals surface area contributed by atoms with Crippen LogP contribution in [0.3, 0.4) is 0 Å². The first kappa shape index (κ1) is 120. The predicted molar refractivity (Wildman–Crippen MR) is 532 cm³/mol. The van der Waals surface area contributed by atoms with Crippen molar-refractivity contribution in [3.05, 3.63) is 29.8 Å². The van der Waals surface area contributed by atoms with Crippen molar-refractivity contribution >= 4 is 80.8 Å². The summed E-state index contributed by atoms with van der Waals surface area (Å²) < 4.78 is 110. The molecule has 1 saturated heterocycles. The zero-order chi connectivity index (χ0) is 92.2. The van der Waals surface area contributed by atoms with Crippen LogP contribution in [0.4, 0.5) is 5.69 Å². The Labute approximate surface area is 714 Å². The summed E-state index contributed by atoms with van der Waals surface area (Å²) in [6.45, 7) is 30.4. The van der Waals surface area contributed by atoms with Crippen LogP contribution < -0.4 is 4.67 Å². The fraction of sp³-hybridized carbons (Fsp3) is 0.915. The van der Waals surface area contributed by atoms with E-state index in [1.807, 2.05) is 13.8 Å². The van der Waals surface area contributed by atoms with Gasteiger partial charge >= 0.3 is 7.51 Å². The molecular formula is C71H186N34P10. The van der Waals surface area contributed by atoms with E-state index in [2.05, 4.69) is 530 Å². The molecule has 34 nitrogen and oxygen atoms in total. The van der Waals surface area contributed by atoms with Gasteiger partial charge in [0, 0.05) is 25.3 Å². The van der Waals surface area contributed by atoms with Gasteiger partial charge in [0.15, 0.2) is 45.0 Å². The Bertz CT molecular complexity index is 3370. The first-order chi connectivity index (χ1) is 51.7. The van der Waals surface area contributed by atoms with Crippen LogP contribution >= 0.6 is 75.1 Å². The lowest BCUT2D eigenvalue weighted by molar-refractivity contribution is 0.466. The first-order valence-electron chi connectivity index (χ1n) is 39.5. The number of aryl methyl sites for hydroxylation is 1. The minimum atomic E-state index is -3.19. The van der Waals surface area contributed by atoms with Crippen molar-refractivity contribution in [3.63, 3.8) is 0 Å². The van der Waals surface area contributed by atoms with E-state index in [0.29, 0.717) is 0 Å². The first-order valence-corrected chi connectivity index (χ1v) is 55.5. The van der Waals surface area contributed by atoms with Gasteiger partial charge in [-0.25, -0.2) is 37.6 Å². The van der Waals surface area contributed by atoms with E-state index in [0.717, 1.165) is 26.1 Å². The van der Waals surface area contributed by atoms with E-state index in [-0.39, 0.29) is 11.1 Å². The van der Waals surface area contributed by atoms with Crippen molar-refractivity contribution in [2.45, 2.75) is 113 Å². The fourth-order valence-electron chi connectivity index (χ4n) is 14.0. The Morgan fingerprint density at radius 2 is 0.548 bits per heavy atom. The van der Waals surface area contributed by atoms with E-state index < -0.39 is 80.6 Å². The van der Waals surface area contributed by atoms with Crippen LogP contribution in [-0.4, -0.2) is 461 Å². The molecule has 0 N–H and O–H groups in total. The number of hydrogen-bond acceptors (Lipinski definition) is 4. The molecule has 1 aliphatic rings. The molecule has 1 aromatic carbocycles. The summed E-state index contributed by atoms with van der Waals surface area (Å²) in [4.78, 5) is 0. The lowest BCUT2D eigenvalue weighted by Gasteiger charge is -2.49. The molecule has 0 aliphatic carbocycles. The van der Waals surface area contributed by atoms with E-state index in [9.17, 15) is 0 Å². The Hall–Kier alpha value is 0.400. The third kappa shape index (κ3) is 29.2. The average molecular weight is 1830 g/mol. The van der Waals surface area contributed by atoms with Crippen LogP contribution in [0.2, 0.25) is 0 Å². The maximum absolute atomic E-state index is 5.88. The van der Waals surface area contributed by atoms with Crippen molar-refractivity contribution in [3.8, 4) is 0 Å². The molecule has 1 aliphatic heterocycles. The highest BCUT2D eigenvalue weighted by atomic mass is 31.3. The van der Waals surface area contributed by atoms with Crippen LogP contribution in [0.15, 0.2) is 70.3 Å². The Morgan fingerprint density at radius 1 is 0.313 bits per heavy atom. The molecule has 115 heavy (non-hydrogen) atoms. The predicted octanol–water partition coefficient (Wildman–Crippen LogP) is 18.4. The summed E-state index contributed by atoms with van der Waals surface area (Å²) >= 11 is 0. The van der Waals surface area contributed by atoms with Crippen molar-refractivity contribution < 1.29 is 0 Å². The second-order valence-electron chi connectivity index (χ2n) is 35.5. The minimum Gasteiger partial charge on any atom is -0.309 e. The molecule has 0 radical (unpaired) electrons. The molecule has 0 spiro atoms. The number of benzene rings is 1. The number of nitrogens with zero attached hydrogens (tertiary/aromatic N) is 34. The topological polar surface area (TPSA) is 201 Å². The fourth-order valence-corrected chi connectivity index (χ4v) is 59.1. The van der Waals surface area contributed by atoms with Gasteiger partial charge in [0.25, 0.3) is 0 Å². The quantitative estimate of drug-likeness (QED) is 0.0658. The van der Waals surface area contributed by atoms with Gasteiger partial charge in [0.2, 0.25) is 22.5 Å². The van der Waals surface area contributed by atoms with Gasteiger partial charge in [0.1, 0.15) is 0 Å². The van der Waals surface area contributed by atoms with E-state index in [1.54, 1.807) is 0 Å². The molecule has 1 unspecified atom stereocenters. The van der Waals surface area contributed by atoms with Crippen LogP contribution in [0, 0.1) is 6.92 Å². The van der Waals surface area contributed by atoms with E-state index in [4.69, 9.17) is 46.1 Å². The molecule has 690 valence electrons. The zero-order valence-corrected chi connectivity index (χ0v) is 94.3. The molecule has 1 atom stereocenters. The zero-order valence-electron chi connectivity index (χ0n) is 85.3. The molecule has 0 bridgehead atoms. The van der Waals surface area contributed by atoms with Gasteiger partial charge in [0.05, 0.1) is 16.6 Å². The second kappa shape index (κ2) is 48.4. The smallest absolute Gasteiger partial charge is 0.306 e. The number of hydrogen-bond donors (Lipinski definition) is 0. The molecule has 0 amide bonds. The molecule has 1 fully saturated rings. The molecule has 1 heterocycles. The van der Waals surface area contributed by atoms with E-state index >= 15 is 0 Å². The van der Waals surface area contributed by atoms with Crippen LogP contribution in [0.1, 0.15) is 95.1 Å². The summed E-state index contributed by atoms with van der Waals surface area (Å²) in [7, 11) is 71.3. The Balaban J connectivity index is -0.00000148. The average Bonchev–Trinajstić information content (AvgIpc) is 0.740. The molecule has 1 aromatic rings. The molecular weight excluding hydrogens is 1640 g/mol. The Kier molecular flexibility index (Phi) is 50.3. The van der Waals surface area contributed by atoms with Gasteiger partial charge in [-0.3, -0.25) is 88.8 Å². The third-order valence-electron chi connectivity index (χ3n) is 17.8. The maximum atomic E-state index is 5.88. The standard InChI is InChI=1S/C22H63N13P4.C21H43N7P2.C14H39N7P2.C12H35N7P2.C2H6/c1-22(2,3)23-36(24-37(27(4)5,28(6)7)29(8)9,25-38(30(10)11,31(12)13)32(14)15)26-39(33(16)17,34(18)19)35(20)21;1-19-13-15-20(16-14-19)28-18-12-17-27(11)29(28,22-21(2,3)4)23-30(24(5)6,25(7)8)26(9)10;1-14(2,3)15-22(17(4)5,18(6)7)16-23(19(8)9,20(10)11)21(12)13;1-12-13-20(15(2)3,16(4)5)14-21(17(6)7,18(8)9)19(10)11;1-2/h1-21H3;13-16H,12,17-18H2,1-11H3;1-13H3;12H2,1-11H3;1-2H3. The Morgan fingerprint density at radius 3 is 0.757 bits per heavy atom. The molecule has 0 aromatic heterocycles. The second-order valence-corrected chi connectivity index (χ2v) is 70.2. The highest BCUT2D eigenvalue weighted by molar-refractivity contribution is 7.80. The highest BCUT2D eigenvalue weighted by Gasteiger charge is 2.46. The third-order valence-corrected chi connectivity index (χ3v) is 58.4.